The standard InChI is InChI=1S/C15H26BrN3/c1-3-9-17-14(10-12-7-5-6-8-12)15-13(16)11-18-19(15)4-2/h11-12,14,17H,3-10H2,1-2H3. The van der Waals surface area contributed by atoms with Crippen molar-refractivity contribution < 1.29 is 0 Å². The third-order valence-corrected chi connectivity index (χ3v) is 4.76. The van der Waals surface area contributed by atoms with E-state index in [0.717, 1.165) is 23.5 Å². The van der Waals surface area contributed by atoms with E-state index >= 15 is 0 Å². The molecule has 1 heterocycles. The Balaban J connectivity index is 2.12. The number of nitrogens with one attached hydrogen (secondary N) is 1. The van der Waals surface area contributed by atoms with Gasteiger partial charge < -0.3 is 5.32 Å². The fraction of sp³-hybridized carbons (Fsp3) is 0.800. The zero-order valence-electron chi connectivity index (χ0n) is 12.2. The second-order valence-corrected chi connectivity index (χ2v) is 6.44. The van der Waals surface area contributed by atoms with Gasteiger partial charge in [0.2, 0.25) is 0 Å². The second-order valence-electron chi connectivity index (χ2n) is 5.59. The molecule has 0 bridgehead atoms. The molecule has 0 saturated heterocycles. The van der Waals surface area contributed by atoms with Gasteiger partial charge in [0.25, 0.3) is 0 Å². The molecule has 4 heteroatoms. The molecule has 1 fully saturated rings. The first-order chi connectivity index (χ1) is 9.26. The van der Waals surface area contributed by atoms with E-state index in [1.54, 1.807) is 0 Å². The average molecular weight is 328 g/mol. The lowest BCUT2D eigenvalue weighted by Gasteiger charge is -2.23. The van der Waals surface area contributed by atoms with Crippen molar-refractivity contribution in [2.24, 2.45) is 5.92 Å². The summed E-state index contributed by atoms with van der Waals surface area (Å²) >= 11 is 3.68. The van der Waals surface area contributed by atoms with Crippen LogP contribution in [0.5, 0.6) is 0 Å². The summed E-state index contributed by atoms with van der Waals surface area (Å²) in [6.45, 7) is 6.41. The van der Waals surface area contributed by atoms with Crippen LogP contribution in [0, 0.1) is 5.92 Å². The Morgan fingerprint density at radius 2 is 2.16 bits per heavy atom. The highest BCUT2D eigenvalue weighted by atomic mass is 79.9. The molecule has 1 aromatic rings. The molecule has 1 aromatic heterocycles. The van der Waals surface area contributed by atoms with Crippen molar-refractivity contribution in [1.29, 1.82) is 0 Å². The third kappa shape index (κ3) is 3.82. The predicted molar refractivity (Wildman–Crippen MR) is 83.2 cm³/mol. The molecule has 1 aliphatic carbocycles. The molecule has 1 unspecified atom stereocenters. The summed E-state index contributed by atoms with van der Waals surface area (Å²) in [4.78, 5) is 0. The fourth-order valence-corrected chi connectivity index (χ4v) is 3.73. The van der Waals surface area contributed by atoms with Crippen molar-refractivity contribution in [3.8, 4) is 0 Å². The fourth-order valence-electron chi connectivity index (χ4n) is 3.16. The van der Waals surface area contributed by atoms with E-state index < -0.39 is 0 Å². The number of halogens is 1. The van der Waals surface area contributed by atoms with Gasteiger partial charge in [-0.25, -0.2) is 0 Å². The maximum Gasteiger partial charge on any atom is 0.0695 e. The molecule has 1 aliphatic rings. The smallest absolute Gasteiger partial charge is 0.0695 e. The van der Waals surface area contributed by atoms with E-state index in [-0.39, 0.29) is 0 Å². The Kier molecular flexibility index (Phi) is 5.89. The Hall–Kier alpha value is -0.350. The van der Waals surface area contributed by atoms with Crippen molar-refractivity contribution in [2.75, 3.05) is 6.54 Å². The number of rotatable bonds is 7. The SMILES string of the molecule is CCCNC(CC1CCCC1)c1c(Br)cnn1CC. The summed E-state index contributed by atoms with van der Waals surface area (Å²) in [5.74, 6) is 0.890. The maximum absolute atomic E-state index is 4.47. The molecule has 0 aromatic carbocycles. The van der Waals surface area contributed by atoms with Gasteiger partial charge in [-0.15, -0.1) is 0 Å². The van der Waals surface area contributed by atoms with E-state index in [4.69, 9.17) is 0 Å². The molecule has 1 N–H and O–H groups in total. The second kappa shape index (κ2) is 7.44. The summed E-state index contributed by atoms with van der Waals surface area (Å²) in [7, 11) is 0. The van der Waals surface area contributed by atoms with Crippen LogP contribution in [0.15, 0.2) is 10.7 Å². The van der Waals surface area contributed by atoms with E-state index in [2.05, 4.69) is 44.9 Å². The summed E-state index contributed by atoms with van der Waals surface area (Å²) < 4.78 is 3.28. The summed E-state index contributed by atoms with van der Waals surface area (Å²) in [5.41, 5.74) is 1.34. The first-order valence-corrected chi connectivity index (χ1v) is 8.50. The molecule has 108 valence electrons. The zero-order valence-corrected chi connectivity index (χ0v) is 13.7. The average Bonchev–Trinajstić information content (AvgIpc) is 3.04. The van der Waals surface area contributed by atoms with Gasteiger partial charge >= 0.3 is 0 Å². The summed E-state index contributed by atoms with van der Waals surface area (Å²) in [6.07, 6.45) is 10.0. The molecule has 0 radical (unpaired) electrons. The van der Waals surface area contributed by atoms with Crippen LogP contribution in [0.2, 0.25) is 0 Å². The quantitative estimate of drug-likeness (QED) is 0.809. The molecule has 19 heavy (non-hydrogen) atoms. The minimum Gasteiger partial charge on any atom is -0.309 e. The van der Waals surface area contributed by atoms with Crippen molar-refractivity contribution in [3.63, 3.8) is 0 Å². The van der Waals surface area contributed by atoms with Crippen LogP contribution in [0.1, 0.15) is 64.1 Å². The predicted octanol–water partition coefficient (Wildman–Crippen LogP) is 4.29. The van der Waals surface area contributed by atoms with E-state index in [1.165, 1.54) is 44.2 Å². The highest BCUT2D eigenvalue weighted by Gasteiger charge is 2.24. The number of hydrogen-bond acceptors (Lipinski definition) is 2. The molecule has 2 rings (SSSR count). The molecule has 0 spiro atoms. The third-order valence-electron chi connectivity index (χ3n) is 4.15. The van der Waals surface area contributed by atoms with Crippen LogP contribution in [-0.2, 0) is 6.54 Å². The minimum atomic E-state index is 0.444. The van der Waals surface area contributed by atoms with E-state index in [9.17, 15) is 0 Å². The van der Waals surface area contributed by atoms with E-state index in [0.29, 0.717) is 6.04 Å². The lowest BCUT2D eigenvalue weighted by atomic mass is 9.96. The number of aryl methyl sites for hydroxylation is 1. The molecule has 3 nitrogen and oxygen atoms in total. The molecular formula is C15H26BrN3. The van der Waals surface area contributed by atoms with Crippen LogP contribution in [0.25, 0.3) is 0 Å². The van der Waals surface area contributed by atoms with Gasteiger partial charge in [0.15, 0.2) is 0 Å². The Morgan fingerprint density at radius 1 is 1.42 bits per heavy atom. The number of aromatic nitrogens is 2. The van der Waals surface area contributed by atoms with Gasteiger partial charge in [-0.3, -0.25) is 4.68 Å². The molecule has 0 aliphatic heterocycles. The monoisotopic (exact) mass is 327 g/mol. The van der Waals surface area contributed by atoms with Gasteiger partial charge in [0.1, 0.15) is 0 Å². The van der Waals surface area contributed by atoms with Gasteiger partial charge in [0.05, 0.1) is 22.4 Å². The van der Waals surface area contributed by atoms with Crippen LogP contribution in [0.4, 0.5) is 0 Å². The number of nitrogens with zero attached hydrogens (tertiary/aromatic N) is 2. The highest BCUT2D eigenvalue weighted by Crippen LogP contribution is 2.35. The molecular weight excluding hydrogens is 302 g/mol. The minimum absolute atomic E-state index is 0.444. The first-order valence-electron chi connectivity index (χ1n) is 7.70. The van der Waals surface area contributed by atoms with Crippen LogP contribution in [0.3, 0.4) is 0 Å². The van der Waals surface area contributed by atoms with Crippen LogP contribution >= 0.6 is 15.9 Å². The van der Waals surface area contributed by atoms with Crippen molar-refractivity contribution in [2.45, 2.75) is 65.0 Å². The topological polar surface area (TPSA) is 29.9 Å². The highest BCUT2D eigenvalue weighted by molar-refractivity contribution is 9.10. The van der Waals surface area contributed by atoms with E-state index in [1.807, 2.05) is 6.20 Å². The van der Waals surface area contributed by atoms with Gasteiger partial charge in [-0.2, -0.15) is 5.10 Å². The Bertz CT molecular complexity index is 383. The number of hydrogen-bond donors (Lipinski definition) is 1. The van der Waals surface area contributed by atoms with Crippen molar-refractivity contribution in [1.82, 2.24) is 15.1 Å². The lowest BCUT2D eigenvalue weighted by molar-refractivity contribution is 0.375. The molecule has 1 saturated carbocycles. The molecule has 0 amide bonds. The maximum atomic E-state index is 4.47. The largest absolute Gasteiger partial charge is 0.309 e. The zero-order chi connectivity index (χ0) is 13.7. The van der Waals surface area contributed by atoms with Crippen molar-refractivity contribution >= 4 is 15.9 Å². The summed E-state index contributed by atoms with van der Waals surface area (Å²) in [6, 6.07) is 0.444. The molecule has 1 atom stereocenters. The van der Waals surface area contributed by atoms with Crippen molar-refractivity contribution in [3.05, 3.63) is 16.4 Å². The van der Waals surface area contributed by atoms with Crippen LogP contribution < -0.4 is 5.32 Å². The Labute approximate surface area is 125 Å². The Morgan fingerprint density at radius 3 is 2.79 bits per heavy atom. The van der Waals surface area contributed by atoms with Crippen LogP contribution in [-0.4, -0.2) is 16.3 Å². The normalized spacial score (nSPS) is 18.1. The van der Waals surface area contributed by atoms with Gasteiger partial charge in [0, 0.05) is 6.54 Å². The summed E-state index contributed by atoms with van der Waals surface area (Å²) in [5, 5.41) is 8.19. The van der Waals surface area contributed by atoms with Gasteiger partial charge in [-0.05, 0) is 48.2 Å². The van der Waals surface area contributed by atoms with Gasteiger partial charge in [-0.1, -0.05) is 32.6 Å². The lowest BCUT2D eigenvalue weighted by Crippen LogP contribution is -2.26. The first kappa shape index (κ1) is 15.0.